The molecule has 0 fully saturated rings. The van der Waals surface area contributed by atoms with Gasteiger partial charge in [0.2, 0.25) is 5.91 Å². The standard InChI is InChI=1S/C25H21NO2/c27-24-16-8-13-20-21(24)14-7-15-23(20)26-25(28)17-22(18-9-3-1-4-10-18)19-11-5-2-6-12-19/h1-16,22,27H,17H2,(H,26,28). The molecule has 4 aromatic rings. The third-order valence-corrected chi connectivity index (χ3v) is 4.97. The van der Waals surface area contributed by atoms with Crippen molar-refractivity contribution < 1.29 is 9.90 Å². The molecule has 1 amide bonds. The van der Waals surface area contributed by atoms with Gasteiger partial charge in [-0.25, -0.2) is 0 Å². The number of amides is 1. The van der Waals surface area contributed by atoms with E-state index in [1.54, 1.807) is 12.1 Å². The van der Waals surface area contributed by atoms with Crippen molar-refractivity contribution in [2.45, 2.75) is 12.3 Å². The van der Waals surface area contributed by atoms with Gasteiger partial charge in [0.05, 0.1) is 0 Å². The van der Waals surface area contributed by atoms with Crippen LogP contribution in [0.4, 0.5) is 5.69 Å². The summed E-state index contributed by atoms with van der Waals surface area (Å²) in [6, 6.07) is 31.0. The Labute approximate surface area is 164 Å². The Hall–Kier alpha value is -3.59. The van der Waals surface area contributed by atoms with E-state index >= 15 is 0 Å². The van der Waals surface area contributed by atoms with Crippen molar-refractivity contribution in [2.24, 2.45) is 0 Å². The molecular weight excluding hydrogens is 346 g/mol. The second-order valence-corrected chi connectivity index (χ2v) is 6.80. The highest BCUT2D eigenvalue weighted by Crippen LogP contribution is 2.31. The average Bonchev–Trinajstić information content (AvgIpc) is 2.74. The van der Waals surface area contributed by atoms with E-state index in [-0.39, 0.29) is 17.6 Å². The first-order valence-electron chi connectivity index (χ1n) is 9.33. The van der Waals surface area contributed by atoms with Gasteiger partial charge in [-0.1, -0.05) is 84.9 Å². The number of fused-ring (bicyclic) bond motifs is 1. The average molecular weight is 367 g/mol. The van der Waals surface area contributed by atoms with Gasteiger partial charge in [-0.2, -0.15) is 0 Å². The molecular formula is C25H21NO2. The Balaban J connectivity index is 1.62. The lowest BCUT2D eigenvalue weighted by Gasteiger charge is -2.18. The van der Waals surface area contributed by atoms with Crippen LogP contribution in [0.5, 0.6) is 5.75 Å². The highest BCUT2D eigenvalue weighted by Gasteiger charge is 2.18. The van der Waals surface area contributed by atoms with Crippen molar-refractivity contribution in [2.75, 3.05) is 5.32 Å². The molecule has 138 valence electrons. The Morgan fingerprint density at radius 1 is 0.714 bits per heavy atom. The Kier molecular flexibility index (Phi) is 5.07. The van der Waals surface area contributed by atoms with Crippen LogP contribution in [0.15, 0.2) is 97.1 Å². The number of phenols is 1. The monoisotopic (exact) mass is 367 g/mol. The van der Waals surface area contributed by atoms with Crippen LogP contribution in [0, 0.1) is 0 Å². The number of hydrogen-bond acceptors (Lipinski definition) is 2. The fraction of sp³-hybridized carbons (Fsp3) is 0.0800. The molecule has 0 aliphatic carbocycles. The number of carbonyl (C=O) groups is 1. The number of phenolic OH excluding ortho intramolecular Hbond substituents is 1. The zero-order valence-electron chi connectivity index (χ0n) is 15.4. The van der Waals surface area contributed by atoms with Gasteiger partial charge in [0.15, 0.2) is 0 Å². The van der Waals surface area contributed by atoms with Crippen LogP contribution in [-0.4, -0.2) is 11.0 Å². The van der Waals surface area contributed by atoms with Gasteiger partial charge in [-0.15, -0.1) is 0 Å². The molecule has 28 heavy (non-hydrogen) atoms. The van der Waals surface area contributed by atoms with Gasteiger partial charge in [-0.05, 0) is 23.3 Å². The van der Waals surface area contributed by atoms with Gasteiger partial charge < -0.3 is 10.4 Å². The predicted octanol–water partition coefficient (Wildman–Crippen LogP) is 5.71. The van der Waals surface area contributed by atoms with E-state index in [9.17, 15) is 9.90 Å². The third-order valence-electron chi connectivity index (χ3n) is 4.97. The van der Waals surface area contributed by atoms with Gasteiger partial charge in [0.25, 0.3) is 0 Å². The fourth-order valence-corrected chi connectivity index (χ4v) is 3.59. The number of nitrogens with one attached hydrogen (secondary N) is 1. The van der Waals surface area contributed by atoms with Crippen molar-refractivity contribution in [1.82, 2.24) is 0 Å². The summed E-state index contributed by atoms with van der Waals surface area (Å²) in [6.07, 6.45) is 0.337. The summed E-state index contributed by atoms with van der Waals surface area (Å²) in [6.45, 7) is 0. The molecule has 0 aliphatic heterocycles. The summed E-state index contributed by atoms with van der Waals surface area (Å²) >= 11 is 0. The normalized spacial score (nSPS) is 10.9. The van der Waals surface area contributed by atoms with Crippen molar-refractivity contribution in [1.29, 1.82) is 0 Å². The topological polar surface area (TPSA) is 49.3 Å². The zero-order chi connectivity index (χ0) is 19.3. The second-order valence-electron chi connectivity index (χ2n) is 6.80. The first-order valence-corrected chi connectivity index (χ1v) is 9.33. The van der Waals surface area contributed by atoms with Crippen molar-refractivity contribution >= 4 is 22.4 Å². The van der Waals surface area contributed by atoms with Crippen LogP contribution in [-0.2, 0) is 4.79 Å². The van der Waals surface area contributed by atoms with Crippen LogP contribution in [0.1, 0.15) is 23.5 Å². The number of hydrogen-bond donors (Lipinski definition) is 2. The lowest BCUT2D eigenvalue weighted by Crippen LogP contribution is -2.16. The summed E-state index contributed by atoms with van der Waals surface area (Å²) in [5, 5.41) is 14.6. The van der Waals surface area contributed by atoms with Crippen LogP contribution < -0.4 is 5.32 Å². The lowest BCUT2D eigenvalue weighted by atomic mass is 9.88. The minimum Gasteiger partial charge on any atom is -0.507 e. The minimum atomic E-state index is -0.0615. The molecule has 0 atom stereocenters. The van der Waals surface area contributed by atoms with Crippen LogP contribution in [0.3, 0.4) is 0 Å². The maximum Gasteiger partial charge on any atom is 0.225 e. The van der Waals surface area contributed by atoms with Crippen LogP contribution in [0.2, 0.25) is 0 Å². The molecule has 0 saturated carbocycles. The minimum absolute atomic E-state index is 0.0224. The number of benzene rings is 4. The third kappa shape index (κ3) is 3.74. The number of rotatable bonds is 5. The van der Waals surface area contributed by atoms with Crippen molar-refractivity contribution in [3.63, 3.8) is 0 Å². The summed E-state index contributed by atoms with van der Waals surface area (Å²) in [5.41, 5.74) is 2.93. The Bertz CT molecular complexity index is 1050. The van der Waals surface area contributed by atoms with E-state index in [2.05, 4.69) is 29.6 Å². The van der Waals surface area contributed by atoms with Crippen molar-refractivity contribution in [3.05, 3.63) is 108 Å². The fourth-order valence-electron chi connectivity index (χ4n) is 3.59. The van der Waals surface area contributed by atoms with Gasteiger partial charge in [0.1, 0.15) is 5.75 Å². The molecule has 0 saturated heterocycles. The molecule has 0 heterocycles. The predicted molar refractivity (Wildman–Crippen MR) is 114 cm³/mol. The first kappa shape index (κ1) is 17.8. The van der Waals surface area contributed by atoms with Crippen molar-refractivity contribution in [3.8, 4) is 5.75 Å². The van der Waals surface area contributed by atoms with E-state index in [0.29, 0.717) is 12.1 Å². The first-order chi connectivity index (χ1) is 13.7. The summed E-state index contributed by atoms with van der Waals surface area (Å²) in [5.74, 6) is 0.124. The van der Waals surface area contributed by atoms with E-state index < -0.39 is 0 Å². The molecule has 0 spiro atoms. The number of anilines is 1. The van der Waals surface area contributed by atoms with E-state index in [1.807, 2.05) is 60.7 Å². The Morgan fingerprint density at radius 2 is 1.29 bits per heavy atom. The molecule has 3 nitrogen and oxygen atoms in total. The quantitative estimate of drug-likeness (QED) is 0.475. The van der Waals surface area contributed by atoms with Gasteiger partial charge in [-0.3, -0.25) is 4.79 Å². The molecule has 4 rings (SSSR count). The molecule has 0 radical (unpaired) electrons. The number of carbonyl (C=O) groups excluding carboxylic acids is 1. The largest absolute Gasteiger partial charge is 0.507 e. The Morgan fingerprint density at radius 3 is 1.93 bits per heavy atom. The summed E-state index contributed by atoms with van der Waals surface area (Å²) < 4.78 is 0. The molecule has 0 aromatic heterocycles. The van der Waals surface area contributed by atoms with Gasteiger partial charge >= 0.3 is 0 Å². The molecule has 3 heteroatoms. The molecule has 2 N–H and O–H groups in total. The molecule has 0 unspecified atom stereocenters. The maximum atomic E-state index is 12.9. The molecule has 0 aliphatic rings. The lowest BCUT2D eigenvalue weighted by molar-refractivity contribution is -0.116. The second kappa shape index (κ2) is 7.97. The summed E-state index contributed by atoms with van der Waals surface area (Å²) in [7, 11) is 0. The van der Waals surface area contributed by atoms with Gasteiger partial charge in [0, 0.05) is 28.8 Å². The maximum absolute atomic E-state index is 12.9. The van der Waals surface area contributed by atoms with Crippen LogP contribution >= 0.6 is 0 Å². The number of aromatic hydroxyl groups is 1. The van der Waals surface area contributed by atoms with E-state index in [0.717, 1.165) is 21.9 Å². The van der Waals surface area contributed by atoms with E-state index in [4.69, 9.17) is 0 Å². The summed E-state index contributed by atoms with van der Waals surface area (Å²) in [4.78, 5) is 12.9. The highest BCUT2D eigenvalue weighted by molar-refractivity contribution is 6.04. The molecule has 4 aromatic carbocycles. The van der Waals surface area contributed by atoms with E-state index in [1.165, 1.54) is 0 Å². The SMILES string of the molecule is O=C(CC(c1ccccc1)c1ccccc1)Nc1cccc2c(O)cccc12. The van der Waals surface area contributed by atoms with Crippen LogP contribution in [0.25, 0.3) is 10.8 Å². The highest BCUT2D eigenvalue weighted by atomic mass is 16.3. The zero-order valence-corrected chi connectivity index (χ0v) is 15.4. The smallest absolute Gasteiger partial charge is 0.225 e. The molecule has 0 bridgehead atoms.